The molecular formula is C13H19NO2. The van der Waals surface area contributed by atoms with Crippen molar-refractivity contribution in [3.63, 3.8) is 0 Å². The molecule has 3 nitrogen and oxygen atoms in total. The largest absolute Gasteiger partial charge is 0.465 e. The van der Waals surface area contributed by atoms with Gasteiger partial charge in [-0.2, -0.15) is 0 Å². The first-order valence-corrected chi connectivity index (χ1v) is 5.60. The molecule has 0 amide bonds. The van der Waals surface area contributed by atoms with Crippen molar-refractivity contribution in [2.45, 2.75) is 20.3 Å². The highest BCUT2D eigenvalue weighted by Crippen LogP contribution is 2.16. The first-order chi connectivity index (χ1) is 7.69. The number of benzene rings is 1. The Morgan fingerprint density at radius 3 is 2.75 bits per heavy atom. The van der Waals surface area contributed by atoms with E-state index in [2.05, 4.69) is 19.2 Å². The van der Waals surface area contributed by atoms with Gasteiger partial charge < -0.3 is 10.1 Å². The van der Waals surface area contributed by atoms with Gasteiger partial charge in [0.05, 0.1) is 12.7 Å². The fourth-order valence-electron chi connectivity index (χ4n) is 1.35. The average molecular weight is 221 g/mol. The topological polar surface area (TPSA) is 38.3 Å². The van der Waals surface area contributed by atoms with E-state index in [9.17, 15) is 4.79 Å². The lowest BCUT2D eigenvalue weighted by atomic mass is 10.1. The SMILES string of the molecule is CCC(C)CNc1ccccc1C(=O)OC. The van der Waals surface area contributed by atoms with E-state index >= 15 is 0 Å². The molecule has 0 bridgehead atoms. The minimum atomic E-state index is -0.299. The number of carbonyl (C=O) groups excluding carboxylic acids is 1. The number of ether oxygens (including phenoxy) is 1. The molecular weight excluding hydrogens is 202 g/mol. The highest BCUT2D eigenvalue weighted by molar-refractivity contribution is 5.95. The number of hydrogen-bond donors (Lipinski definition) is 1. The maximum Gasteiger partial charge on any atom is 0.339 e. The van der Waals surface area contributed by atoms with E-state index in [1.54, 1.807) is 6.07 Å². The van der Waals surface area contributed by atoms with Gasteiger partial charge in [0.25, 0.3) is 0 Å². The van der Waals surface area contributed by atoms with Crippen LogP contribution in [0.15, 0.2) is 24.3 Å². The number of rotatable bonds is 5. The molecule has 1 atom stereocenters. The Morgan fingerprint density at radius 1 is 1.44 bits per heavy atom. The molecule has 0 heterocycles. The third-order valence-electron chi connectivity index (χ3n) is 2.67. The molecule has 0 aliphatic heterocycles. The van der Waals surface area contributed by atoms with Crippen LogP contribution < -0.4 is 5.32 Å². The van der Waals surface area contributed by atoms with Crippen molar-refractivity contribution in [1.82, 2.24) is 0 Å². The zero-order chi connectivity index (χ0) is 12.0. The molecule has 88 valence electrons. The van der Waals surface area contributed by atoms with Crippen LogP contribution in [-0.4, -0.2) is 19.6 Å². The standard InChI is InChI=1S/C13H19NO2/c1-4-10(2)9-14-12-8-6-5-7-11(12)13(15)16-3/h5-8,10,14H,4,9H2,1-3H3. The van der Waals surface area contributed by atoms with Gasteiger partial charge in [0, 0.05) is 12.2 Å². The second kappa shape index (κ2) is 6.16. The van der Waals surface area contributed by atoms with E-state index in [1.165, 1.54) is 7.11 Å². The van der Waals surface area contributed by atoms with Crippen molar-refractivity contribution in [1.29, 1.82) is 0 Å². The number of hydrogen-bond acceptors (Lipinski definition) is 3. The van der Waals surface area contributed by atoms with Crippen LogP contribution in [-0.2, 0) is 4.74 Å². The summed E-state index contributed by atoms with van der Waals surface area (Å²) in [6, 6.07) is 7.41. The Bertz CT molecular complexity index is 350. The minimum Gasteiger partial charge on any atom is -0.465 e. The van der Waals surface area contributed by atoms with Crippen molar-refractivity contribution in [2.24, 2.45) is 5.92 Å². The highest BCUT2D eigenvalue weighted by atomic mass is 16.5. The molecule has 0 saturated heterocycles. The van der Waals surface area contributed by atoms with Gasteiger partial charge in [0.15, 0.2) is 0 Å². The van der Waals surface area contributed by atoms with Crippen molar-refractivity contribution >= 4 is 11.7 Å². The fourth-order valence-corrected chi connectivity index (χ4v) is 1.35. The number of para-hydroxylation sites is 1. The third-order valence-corrected chi connectivity index (χ3v) is 2.67. The molecule has 1 unspecified atom stereocenters. The zero-order valence-corrected chi connectivity index (χ0v) is 10.1. The van der Waals surface area contributed by atoms with E-state index in [0.29, 0.717) is 11.5 Å². The predicted octanol–water partition coefficient (Wildman–Crippen LogP) is 2.93. The van der Waals surface area contributed by atoms with Crippen LogP contribution in [0, 0.1) is 5.92 Å². The smallest absolute Gasteiger partial charge is 0.339 e. The van der Waals surface area contributed by atoms with Gasteiger partial charge >= 0.3 is 5.97 Å². The van der Waals surface area contributed by atoms with Crippen LogP contribution in [0.3, 0.4) is 0 Å². The van der Waals surface area contributed by atoms with E-state index < -0.39 is 0 Å². The molecule has 1 aromatic carbocycles. The van der Waals surface area contributed by atoms with Gasteiger partial charge in [0.1, 0.15) is 0 Å². The fraction of sp³-hybridized carbons (Fsp3) is 0.462. The molecule has 0 spiro atoms. The molecule has 0 aromatic heterocycles. The molecule has 1 rings (SSSR count). The van der Waals surface area contributed by atoms with Crippen LogP contribution in [0.2, 0.25) is 0 Å². The van der Waals surface area contributed by atoms with Crippen LogP contribution in [0.25, 0.3) is 0 Å². The first-order valence-electron chi connectivity index (χ1n) is 5.60. The maximum absolute atomic E-state index is 11.5. The maximum atomic E-state index is 11.5. The van der Waals surface area contributed by atoms with Crippen LogP contribution in [0.4, 0.5) is 5.69 Å². The van der Waals surface area contributed by atoms with Gasteiger partial charge in [-0.3, -0.25) is 0 Å². The van der Waals surface area contributed by atoms with E-state index in [1.807, 2.05) is 18.2 Å². The Labute approximate surface area is 96.8 Å². The second-order valence-corrected chi connectivity index (χ2v) is 3.93. The second-order valence-electron chi connectivity index (χ2n) is 3.93. The molecule has 0 radical (unpaired) electrons. The lowest BCUT2D eigenvalue weighted by Gasteiger charge is -2.13. The summed E-state index contributed by atoms with van der Waals surface area (Å²) in [6.07, 6.45) is 1.12. The molecule has 1 N–H and O–H groups in total. The van der Waals surface area contributed by atoms with Gasteiger partial charge in [-0.15, -0.1) is 0 Å². The molecule has 0 saturated carbocycles. The van der Waals surface area contributed by atoms with Crippen molar-refractivity contribution < 1.29 is 9.53 Å². The van der Waals surface area contributed by atoms with Gasteiger partial charge in [-0.1, -0.05) is 32.4 Å². The summed E-state index contributed by atoms with van der Waals surface area (Å²) in [5, 5.41) is 3.28. The molecule has 0 fully saturated rings. The number of nitrogens with one attached hydrogen (secondary N) is 1. The molecule has 0 aliphatic carbocycles. The Hall–Kier alpha value is -1.51. The molecule has 3 heteroatoms. The van der Waals surface area contributed by atoms with Crippen molar-refractivity contribution in [3.05, 3.63) is 29.8 Å². The summed E-state index contributed by atoms with van der Waals surface area (Å²) in [5.41, 5.74) is 1.43. The first kappa shape index (κ1) is 12.6. The Balaban J connectivity index is 2.75. The summed E-state index contributed by atoms with van der Waals surface area (Å²) in [6.45, 7) is 5.19. The number of anilines is 1. The van der Waals surface area contributed by atoms with Gasteiger partial charge in [-0.25, -0.2) is 4.79 Å². The molecule has 16 heavy (non-hydrogen) atoms. The lowest BCUT2D eigenvalue weighted by molar-refractivity contribution is 0.0602. The summed E-state index contributed by atoms with van der Waals surface area (Å²) >= 11 is 0. The monoisotopic (exact) mass is 221 g/mol. The number of carbonyl (C=O) groups is 1. The Kier molecular flexibility index (Phi) is 4.83. The lowest BCUT2D eigenvalue weighted by Crippen LogP contribution is -2.13. The third kappa shape index (κ3) is 3.26. The van der Waals surface area contributed by atoms with Crippen LogP contribution >= 0.6 is 0 Å². The summed E-state index contributed by atoms with van der Waals surface area (Å²) < 4.78 is 4.73. The number of esters is 1. The summed E-state index contributed by atoms with van der Waals surface area (Å²) in [4.78, 5) is 11.5. The normalized spacial score (nSPS) is 11.9. The molecule has 0 aliphatic rings. The average Bonchev–Trinajstić information content (AvgIpc) is 2.35. The minimum absolute atomic E-state index is 0.299. The Morgan fingerprint density at radius 2 is 2.12 bits per heavy atom. The summed E-state index contributed by atoms with van der Waals surface area (Å²) in [5.74, 6) is 0.290. The highest BCUT2D eigenvalue weighted by Gasteiger charge is 2.10. The van der Waals surface area contributed by atoms with Gasteiger partial charge in [0.2, 0.25) is 0 Å². The molecule has 1 aromatic rings. The zero-order valence-electron chi connectivity index (χ0n) is 10.1. The summed E-state index contributed by atoms with van der Waals surface area (Å²) in [7, 11) is 1.40. The predicted molar refractivity (Wildman–Crippen MR) is 65.7 cm³/mol. The number of methoxy groups -OCH3 is 1. The van der Waals surface area contributed by atoms with Crippen molar-refractivity contribution in [2.75, 3.05) is 19.0 Å². The van der Waals surface area contributed by atoms with Crippen LogP contribution in [0.1, 0.15) is 30.6 Å². The van der Waals surface area contributed by atoms with Crippen molar-refractivity contribution in [3.8, 4) is 0 Å². The van der Waals surface area contributed by atoms with E-state index in [4.69, 9.17) is 4.74 Å². The quantitative estimate of drug-likeness (QED) is 0.777. The van der Waals surface area contributed by atoms with E-state index in [0.717, 1.165) is 18.7 Å². The van der Waals surface area contributed by atoms with E-state index in [-0.39, 0.29) is 5.97 Å². The van der Waals surface area contributed by atoms with Crippen LogP contribution in [0.5, 0.6) is 0 Å². The van der Waals surface area contributed by atoms with Gasteiger partial charge in [-0.05, 0) is 18.1 Å².